The summed E-state index contributed by atoms with van der Waals surface area (Å²) in [4.78, 5) is 12.2. The SMILES string of the molecule is CC(C(=O)Nc1cccc(-c2nncn2C)c1)C1CNC1. The lowest BCUT2D eigenvalue weighted by Gasteiger charge is -2.31. The van der Waals surface area contributed by atoms with E-state index in [2.05, 4.69) is 20.8 Å². The fourth-order valence-electron chi connectivity index (χ4n) is 2.42. The number of hydrogen-bond donors (Lipinski definition) is 2. The van der Waals surface area contributed by atoms with E-state index in [1.807, 2.05) is 42.8 Å². The number of aromatic nitrogens is 3. The van der Waals surface area contributed by atoms with Crippen LogP contribution in [-0.4, -0.2) is 33.8 Å². The monoisotopic (exact) mass is 285 g/mol. The maximum Gasteiger partial charge on any atom is 0.227 e. The number of rotatable bonds is 4. The standard InChI is InChI=1S/C15H19N5O/c1-10(12-7-16-8-12)15(21)18-13-5-3-4-11(6-13)14-19-17-9-20(14)2/h3-6,9-10,12,16H,7-8H2,1-2H3,(H,18,21). The third-order valence-electron chi connectivity index (χ3n) is 4.03. The average molecular weight is 285 g/mol. The number of nitrogens with one attached hydrogen (secondary N) is 2. The summed E-state index contributed by atoms with van der Waals surface area (Å²) in [5, 5.41) is 14.1. The van der Waals surface area contributed by atoms with Crippen LogP contribution in [0.4, 0.5) is 5.69 Å². The fourth-order valence-corrected chi connectivity index (χ4v) is 2.42. The molecular formula is C15H19N5O. The molecule has 1 aliphatic heterocycles. The number of nitrogens with zero attached hydrogens (tertiary/aromatic N) is 3. The Kier molecular flexibility index (Phi) is 3.70. The second-order valence-electron chi connectivity index (χ2n) is 5.54. The Morgan fingerprint density at radius 2 is 2.29 bits per heavy atom. The predicted molar refractivity (Wildman–Crippen MR) is 80.6 cm³/mol. The van der Waals surface area contributed by atoms with Gasteiger partial charge in [-0.1, -0.05) is 19.1 Å². The van der Waals surface area contributed by atoms with Crippen molar-refractivity contribution in [2.75, 3.05) is 18.4 Å². The molecule has 1 unspecified atom stereocenters. The van der Waals surface area contributed by atoms with E-state index in [9.17, 15) is 4.79 Å². The topological polar surface area (TPSA) is 71.8 Å². The molecule has 1 atom stereocenters. The molecule has 6 nitrogen and oxygen atoms in total. The Labute approximate surface area is 123 Å². The van der Waals surface area contributed by atoms with E-state index in [4.69, 9.17) is 0 Å². The van der Waals surface area contributed by atoms with Gasteiger partial charge in [-0.2, -0.15) is 0 Å². The largest absolute Gasteiger partial charge is 0.326 e. The zero-order chi connectivity index (χ0) is 14.8. The van der Waals surface area contributed by atoms with E-state index in [0.717, 1.165) is 30.2 Å². The Bertz CT molecular complexity index is 647. The van der Waals surface area contributed by atoms with Crippen LogP contribution < -0.4 is 10.6 Å². The molecule has 0 saturated carbocycles. The maximum absolute atomic E-state index is 12.2. The first-order valence-electron chi connectivity index (χ1n) is 7.11. The Morgan fingerprint density at radius 1 is 1.48 bits per heavy atom. The molecule has 0 bridgehead atoms. The van der Waals surface area contributed by atoms with E-state index in [1.165, 1.54) is 0 Å². The molecule has 1 fully saturated rings. The number of anilines is 1. The highest BCUT2D eigenvalue weighted by molar-refractivity contribution is 5.93. The van der Waals surface area contributed by atoms with Crippen LogP contribution in [-0.2, 0) is 11.8 Å². The molecule has 0 radical (unpaired) electrons. The molecule has 1 aliphatic rings. The normalized spacial score (nSPS) is 16.3. The minimum Gasteiger partial charge on any atom is -0.326 e. The van der Waals surface area contributed by atoms with Gasteiger partial charge in [-0.15, -0.1) is 10.2 Å². The van der Waals surface area contributed by atoms with Crippen molar-refractivity contribution in [1.82, 2.24) is 20.1 Å². The highest BCUT2D eigenvalue weighted by Crippen LogP contribution is 2.22. The van der Waals surface area contributed by atoms with Gasteiger partial charge in [0.25, 0.3) is 0 Å². The first-order chi connectivity index (χ1) is 10.1. The van der Waals surface area contributed by atoms with Crippen LogP contribution in [0.1, 0.15) is 6.92 Å². The summed E-state index contributed by atoms with van der Waals surface area (Å²) in [6.45, 7) is 3.83. The van der Waals surface area contributed by atoms with Crippen molar-refractivity contribution in [2.45, 2.75) is 6.92 Å². The first-order valence-corrected chi connectivity index (χ1v) is 7.11. The summed E-state index contributed by atoms with van der Waals surface area (Å²) < 4.78 is 1.85. The van der Waals surface area contributed by atoms with Crippen LogP contribution in [0.15, 0.2) is 30.6 Å². The molecule has 1 saturated heterocycles. The summed E-state index contributed by atoms with van der Waals surface area (Å²) in [6, 6.07) is 7.69. The maximum atomic E-state index is 12.2. The van der Waals surface area contributed by atoms with Crippen LogP contribution in [0.2, 0.25) is 0 Å². The molecule has 1 aromatic heterocycles. The first kappa shape index (κ1) is 13.8. The highest BCUT2D eigenvalue weighted by atomic mass is 16.1. The smallest absolute Gasteiger partial charge is 0.227 e. The van der Waals surface area contributed by atoms with Crippen molar-refractivity contribution in [3.63, 3.8) is 0 Å². The second-order valence-corrected chi connectivity index (χ2v) is 5.54. The van der Waals surface area contributed by atoms with Crippen LogP contribution in [0, 0.1) is 11.8 Å². The Morgan fingerprint density at radius 3 is 2.90 bits per heavy atom. The molecular weight excluding hydrogens is 266 g/mol. The van der Waals surface area contributed by atoms with Gasteiger partial charge in [0.2, 0.25) is 5.91 Å². The quantitative estimate of drug-likeness (QED) is 0.887. The zero-order valence-electron chi connectivity index (χ0n) is 12.2. The third-order valence-corrected chi connectivity index (χ3v) is 4.03. The number of carbonyl (C=O) groups excluding carboxylic acids is 1. The van der Waals surface area contributed by atoms with E-state index in [-0.39, 0.29) is 11.8 Å². The van der Waals surface area contributed by atoms with Crippen molar-refractivity contribution in [1.29, 1.82) is 0 Å². The van der Waals surface area contributed by atoms with Gasteiger partial charge in [-0.05, 0) is 31.1 Å². The van der Waals surface area contributed by atoms with Gasteiger partial charge in [-0.25, -0.2) is 0 Å². The minimum atomic E-state index is 0.0183. The average Bonchev–Trinajstić information content (AvgIpc) is 2.83. The van der Waals surface area contributed by atoms with Crippen molar-refractivity contribution >= 4 is 11.6 Å². The number of carbonyl (C=O) groups is 1. The number of amides is 1. The second kappa shape index (κ2) is 5.65. The van der Waals surface area contributed by atoms with Gasteiger partial charge < -0.3 is 15.2 Å². The van der Waals surface area contributed by atoms with Gasteiger partial charge in [0.05, 0.1) is 0 Å². The van der Waals surface area contributed by atoms with Gasteiger partial charge in [0.15, 0.2) is 5.82 Å². The molecule has 0 spiro atoms. The summed E-state index contributed by atoms with van der Waals surface area (Å²) in [7, 11) is 1.90. The van der Waals surface area contributed by atoms with Gasteiger partial charge in [0.1, 0.15) is 6.33 Å². The predicted octanol–water partition coefficient (Wildman–Crippen LogP) is 1.28. The lowest BCUT2D eigenvalue weighted by molar-refractivity contribution is -0.121. The Balaban J connectivity index is 1.74. The summed E-state index contributed by atoms with van der Waals surface area (Å²) >= 11 is 0. The third kappa shape index (κ3) is 2.80. The molecule has 21 heavy (non-hydrogen) atoms. The highest BCUT2D eigenvalue weighted by Gasteiger charge is 2.28. The summed E-state index contributed by atoms with van der Waals surface area (Å²) in [6.07, 6.45) is 1.66. The number of hydrogen-bond acceptors (Lipinski definition) is 4. The summed E-state index contributed by atoms with van der Waals surface area (Å²) in [5.74, 6) is 1.30. The molecule has 1 aromatic carbocycles. The van der Waals surface area contributed by atoms with Crippen LogP contribution in [0.3, 0.4) is 0 Å². The van der Waals surface area contributed by atoms with E-state index >= 15 is 0 Å². The fraction of sp³-hybridized carbons (Fsp3) is 0.400. The van der Waals surface area contributed by atoms with Crippen LogP contribution in [0.25, 0.3) is 11.4 Å². The zero-order valence-corrected chi connectivity index (χ0v) is 12.2. The molecule has 0 aliphatic carbocycles. The molecule has 2 aromatic rings. The molecule has 2 N–H and O–H groups in total. The molecule has 110 valence electrons. The van der Waals surface area contributed by atoms with Crippen molar-refractivity contribution in [3.05, 3.63) is 30.6 Å². The minimum absolute atomic E-state index is 0.0183. The van der Waals surface area contributed by atoms with Gasteiger partial charge in [0, 0.05) is 24.2 Å². The Hall–Kier alpha value is -2.21. The lowest BCUT2D eigenvalue weighted by Crippen LogP contribution is -2.48. The lowest BCUT2D eigenvalue weighted by atomic mass is 9.88. The van der Waals surface area contributed by atoms with Crippen LogP contribution >= 0.6 is 0 Å². The van der Waals surface area contributed by atoms with E-state index in [1.54, 1.807) is 6.33 Å². The van der Waals surface area contributed by atoms with Crippen molar-refractivity contribution < 1.29 is 4.79 Å². The van der Waals surface area contributed by atoms with E-state index < -0.39 is 0 Å². The molecule has 3 rings (SSSR count). The molecule has 2 heterocycles. The summed E-state index contributed by atoms with van der Waals surface area (Å²) in [5.41, 5.74) is 1.73. The number of aryl methyl sites for hydroxylation is 1. The number of benzene rings is 1. The van der Waals surface area contributed by atoms with Crippen molar-refractivity contribution in [3.8, 4) is 11.4 Å². The molecule has 1 amide bonds. The van der Waals surface area contributed by atoms with E-state index in [0.29, 0.717) is 5.92 Å². The van der Waals surface area contributed by atoms with Gasteiger partial charge in [-0.3, -0.25) is 4.79 Å². The van der Waals surface area contributed by atoms with Crippen LogP contribution in [0.5, 0.6) is 0 Å². The molecule has 6 heteroatoms. The van der Waals surface area contributed by atoms with Crippen molar-refractivity contribution in [2.24, 2.45) is 18.9 Å². The van der Waals surface area contributed by atoms with Gasteiger partial charge >= 0.3 is 0 Å².